The molecule has 0 amide bonds. The maximum absolute atomic E-state index is 12.8. The van der Waals surface area contributed by atoms with Gasteiger partial charge in [0.25, 0.3) is 0 Å². The van der Waals surface area contributed by atoms with Crippen molar-refractivity contribution in [2.24, 2.45) is 5.92 Å². The van der Waals surface area contributed by atoms with Gasteiger partial charge in [-0.1, -0.05) is 24.3 Å². The number of hydrogen-bond acceptors (Lipinski definition) is 11. The summed E-state index contributed by atoms with van der Waals surface area (Å²) in [5.74, 6) is -4.97. The zero-order valence-corrected chi connectivity index (χ0v) is 21.7. The average Bonchev–Trinajstić information content (AvgIpc) is 2.95. The lowest BCUT2D eigenvalue weighted by Gasteiger charge is -2.51. The topological polar surface area (TPSA) is 211 Å². The van der Waals surface area contributed by atoms with E-state index in [-0.39, 0.29) is 35.8 Å². The highest BCUT2D eigenvalue weighted by Crippen LogP contribution is 2.45. The molecule has 2 aliphatic rings. The lowest BCUT2D eigenvalue weighted by Crippen LogP contribution is -2.66. The first kappa shape index (κ1) is 29.7. The molecular formula is C29H30O12. The fourth-order valence-electron chi connectivity index (χ4n) is 5.16. The first-order valence-electron chi connectivity index (χ1n) is 12.8. The van der Waals surface area contributed by atoms with Gasteiger partial charge in [0.05, 0.1) is 12.2 Å². The molecule has 0 bridgehead atoms. The molecule has 218 valence electrons. The first-order valence-corrected chi connectivity index (χ1v) is 12.8. The summed E-state index contributed by atoms with van der Waals surface area (Å²) in [6.07, 6.45) is -0.761. The third-order valence-corrected chi connectivity index (χ3v) is 7.35. The van der Waals surface area contributed by atoms with E-state index in [4.69, 9.17) is 9.47 Å². The minimum absolute atomic E-state index is 0.0712. The maximum atomic E-state index is 12.8. The van der Waals surface area contributed by atoms with E-state index < -0.39 is 66.5 Å². The standard InChI is InChI=1S/C29H30O12/c30-17(5-1-15-2-7-19(31)22(34)11-15)14-40-29(28(38)39)13-24(36)26(37)27-18(29)6-10-25(41-27)21(33)9-4-16-3-8-20(32)23(35)12-16/h1-5,7-9,11-12,18,24-27,31-32,34-37H,6,10,13-14H2,(H,38,39). The van der Waals surface area contributed by atoms with Crippen molar-refractivity contribution < 1.29 is 59.6 Å². The van der Waals surface area contributed by atoms with Crippen LogP contribution in [0.4, 0.5) is 0 Å². The Morgan fingerprint density at radius 1 is 0.878 bits per heavy atom. The molecule has 0 radical (unpaired) electrons. The van der Waals surface area contributed by atoms with Gasteiger partial charge >= 0.3 is 5.97 Å². The maximum Gasteiger partial charge on any atom is 0.336 e. The molecule has 1 saturated carbocycles. The van der Waals surface area contributed by atoms with Crippen LogP contribution >= 0.6 is 0 Å². The lowest BCUT2D eigenvalue weighted by atomic mass is 9.67. The Morgan fingerprint density at radius 2 is 1.46 bits per heavy atom. The molecule has 2 aromatic carbocycles. The van der Waals surface area contributed by atoms with Gasteiger partial charge in [-0.05, 0) is 60.4 Å². The monoisotopic (exact) mass is 570 g/mol. The summed E-state index contributed by atoms with van der Waals surface area (Å²) in [4.78, 5) is 37.8. The number of fused-ring (bicyclic) bond motifs is 1. The zero-order valence-electron chi connectivity index (χ0n) is 21.7. The van der Waals surface area contributed by atoms with Crippen LogP contribution < -0.4 is 0 Å². The van der Waals surface area contributed by atoms with Crippen molar-refractivity contribution >= 4 is 29.7 Å². The lowest BCUT2D eigenvalue weighted by molar-refractivity contribution is -0.250. The smallest absolute Gasteiger partial charge is 0.336 e. The first-order chi connectivity index (χ1) is 19.4. The number of ketones is 2. The number of carbonyl (C=O) groups excluding carboxylic acids is 2. The molecule has 2 fully saturated rings. The summed E-state index contributed by atoms with van der Waals surface area (Å²) in [5, 5.41) is 69.4. The number of hydrogen-bond donors (Lipinski definition) is 7. The molecule has 0 aromatic heterocycles. The number of aliphatic carboxylic acids is 1. The number of carboxylic acids is 1. The highest BCUT2D eigenvalue weighted by molar-refractivity contribution is 5.97. The Bertz CT molecular complexity index is 1380. The van der Waals surface area contributed by atoms with Crippen LogP contribution in [0.2, 0.25) is 0 Å². The predicted molar refractivity (Wildman–Crippen MR) is 142 cm³/mol. The molecule has 1 heterocycles. The fourth-order valence-corrected chi connectivity index (χ4v) is 5.16. The minimum atomic E-state index is -2.09. The van der Waals surface area contributed by atoms with Crippen molar-refractivity contribution in [3.05, 3.63) is 59.7 Å². The molecule has 4 rings (SSSR count). The molecule has 6 atom stereocenters. The van der Waals surface area contributed by atoms with Gasteiger partial charge in [0, 0.05) is 12.3 Å². The van der Waals surface area contributed by atoms with Gasteiger partial charge in [-0.2, -0.15) is 0 Å². The molecule has 1 saturated heterocycles. The average molecular weight is 571 g/mol. The number of aliphatic hydroxyl groups excluding tert-OH is 2. The molecule has 0 spiro atoms. The highest BCUT2D eigenvalue weighted by Gasteiger charge is 2.60. The Hall–Kier alpha value is -4.23. The number of phenols is 4. The fraction of sp³-hybridized carbons (Fsp3) is 0.345. The summed E-state index contributed by atoms with van der Waals surface area (Å²) in [6, 6.07) is 7.89. The van der Waals surface area contributed by atoms with Gasteiger partial charge in [0.1, 0.15) is 18.8 Å². The predicted octanol–water partition coefficient (Wildman–Crippen LogP) is 1.50. The number of rotatable bonds is 9. The molecule has 12 heteroatoms. The van der Waals surface area contributed by atoms with Crippen LogP contribution in [0.15, 0.2) is 48.6 Å². The van der Waals surface area contributed by atoms with E-state index in [9.17, 15) is 50.1 Å². The number of ether oxygens (including phenoxy) is 2. The van der Waals surface area contributed by atoms with Crippen molar-refractivity contribution in [2.45, 2.75) is 49.3 Å². The number of benzene rings is 2. The van der Waals surface area contributed by atoms with E-state index in [1.54, 1.807) is 0 Å². The Labute approximate surface area is 234 Å². The van der Waals surface area contributed by atoms with Gasteiger partial charge in [-0.25, -0.2) is 4.79 Å². The third kappa shape index (κ3) is 6.41. The highest BCUT2D eigenvalue weighted by atomic mass is 16.5. The summed E-state index contributed by atoms with van der Waals surface area (Å²) in [5.41, 5.74) is -1.27. The summed E-state index contributed by atoms with van der Waals surface area (Å²) in [7, 11) is 0. The van der Waals surface area contributed by atoms with Crippen LogP contribution in [-0.4, -0.2) is 89.9 Å². The largest absolute Gasteiger partial charge is 0.504 e. The van der Waals surface area contributed by atoms with E-state index in [0.29, 0.717) is 11.1 Å². The second-order valence-corrected chi connectivity index (χ2v) is 10.1. The molecule has 7 N–H and O–H groups in total. The van der Waals surface area contributed by atoms with Crippen molar-refractivity contribution in [3.8, 4) is 23.0 Å². The van der Waals surface area contributed by atoms with Crippen LogP contribution in [0.3, 0.4) is 0 Å². The Morgan fingerprint density at radius 3 is 2.02 bits per heavy atom. The number of aromatic hydroxyl groups is 4. The summed E-state index contributed by atoms with van der Waals surface area (Å²) in [6.45, 7) is -0.677. The molecule has 2 aromatic rings. The molecule has 1 aliphatic carbocycles. The van der Waals surface area contributed by atoms with Gasteiger partial charge in [0.15, 0.2) is 40.2 Å². The third-order valence-electron chi connectivity index (χ3n) is 7.35. The van der Waals surface area contributed by atoms with E-state index in [2.05, 4.69) is 0 Å². The van der Waals surface area contributed by atoms with Gasteiger partial charge in [0.2, 0.25) is 0 Å². The summed E-state index contributed by atoms with van der Waals surface area (Å²) >= 11 is 0. The van der Waals surface area contributed by atoms with Crippen LogP contribution in [-0.2, 0) is 23.9 Å². The van der Waals surface area contributed by atoms with Crippen LogP contribution in [0.25, 0.3) is 12.2 Å². The van der Waals surface area contributed by atoms with E-state index >= 15 is 0 Å². The van der Waals surface area contributed by atoms with E-state index in [1.807, 2.05) is 0 Å². The van der Waals surface area contributed by atoms with Gasteiger partial charge in [-0.15, -0.1) is 0 Å². The Balaban J connectivity index is 1.46. The quantitative estimate of drug-likeness (QED) is 0.169. The Kier molecular flexibility index (Phi) is 8.78. The van der Waals surface area contributed by atoms with Crippen molar-refractivity contribution in [3.63, 3.8) is 0 Å². The van der Waals surface area contributed by atoms with E-state index in [1.165, 1.54) is 54.6 Å². The molecule has 41 heavy (non-hydrogen) atoms. The molecule has 1 aliphatic heterocycles. The van der Waals surface area contributed by atoms with Crippen LogP contribution in [0, 0.1) is 5.92 Å². The normalized spacial score (nSPS) is 28.0. The van der Waals surface area contributed by atoms with Crippen molar-refractivity contribution in [1.82, 2.24) is 0 Å². The zero-order chi connectivity index (χ0) is 29.9. The van der Waals surface area contributed by atoms with E-state index in [0.717, 1.165) is 6.08 Å². The van der Waals surface area contributed by atoms with Gasteiger partial charge in [-0.3, -0.25) is 9.59 Å². The number of phenolic OH excluding ortho intramolecular Hbond substituents is 4. The molecule has 12 nitrogen and oxygen atoms in total. The van der Waals surface area contributed by atoms with Gasteiger partial charge < -0.3 is 45.2 Å². The SMILES string of the molecule is O=C(C=Cc1ccc(O)c(O)c1)COC1(C(=O)O)CC(O)C(O)C2OC(C(=O)C=Cc3ccc(O)c(O)c3)CCC21. The molecular weight excluding hydrogens is 540 g/mol. The number of carboxylic acid groups (broad SMARTS) is 1. The number of carbonyl (C=O) groups is 3. The van der Waals surface area contributed by atoms with Crippen LogP contribution in [0.1, 0.15) is 30.4 Å². The molecule has 6 unspecified atom stereocenters. The second-order valence-electron chi connectivity index (χ2n) is 10.1. The minimum Gasteiger partial charge on any atom is -0.504 e. The van der Waals surface area contributed by atoms with Crippen LogP contribution in [0.5, 0.6) is 23.0 Å². The summed E-state index contributed by atoms with van der Waals surface area (Å²) < 4.78 is 11.5. The second kappa shape index (κ2) is 12.1. The van der Waals surface area contributed by atoms with Crippen molar-refractivity contribution in [1.29, 1.82) is 0 Å². The van der Waals surface area contributed by atoms with Crippen molar-refractivity contribution in [2.75, 3.05) is 6.61 Å². The number of aliphatic hydroxyl groups is 2.